The number of ether oxygens (including phenoxy) is 2. The predicted octanol–water partition coefficient (Wildman–Crippen LogP) is 0.00320. The molecule has 0 saturated carbocycles. The van der Waals surface area contributed by atoms with E-state index in [9.17, 15) is 14.4 Å². The molecule has 1 atom stereocenters. The molecule has 0 aromatic rings. The molecule has 0 unspecified atom stereocenters. The maximum absolute atomic E-state index is 11.5. The van der Waals surface area contributed by atoms with E-state index in [-0.39, 0.29) is 6.42 Å². The zero-order valence-electron chi connectivity index (χ0n) is 9.63. The van der Waals surface area contributed by atoms with Crippen molar-refractivity contribution in [3.05, 3.63) is 24.4 Å². The van der Waals surface area contributed by atoms with Crippen molar-refractivity contribution in [1.82, 2.24) is 4.90 Å². The third-order valence-corrected chi connectivity index (χ3v) is 2.34. The third kappa shape index (κ3) is 2.72. The third-order valence-electron chi connectivity index (χ3n) is 2.34. The van der Waals surface area contributed by atoms with Crippen LogP contribution in [0.2, 0.25) is 0 Å². The second kappa shape index (κ2) is 5.29. The lowest BCUT2D eigenvalue weighted by molar-refractivity contribution is -0.154. The smallest absolute Gasteiger partial charge is 0.329 e. The fourth-order valence-corrected chi connectivity index (χ4v) is 1.48. The number of rotatable bonds is 4. The van der Waals surface area contributed by atoms with Gasteiger partial charge in [-0.05, 0) is 6.08 Å². The van der Waals surface area contributed by atoms with Gasteiger partial charge in [0.15, 0.2) is 0 Å². The molecule has 1 heterocycles. The Morgan fingerprint density at radius 3 is 2.41 bits per heavy atom. The molecule has 1 amide bonds. The lowest BCUT2D eigenvalue weighted by Crippen LogP contribution is -2.43. The Kier molecular flexibility index (Phi) is 4.03. The summed E-state index contributed by atoms with van der Waals surface area (Å²) in [5, 5.41) is 0. The molecule has 0 fully saturated rings. The molecule has 6 nitrogen and oxygen atoms in total. The van der Waals surface area contributed by atoms with Crippen molar-refractivity contribution in [1.29, 1.82) is 0 Å². The second-order valence-corrected chi connectivity index (χ2v) is 3.35. The van der Waals surface area contributed by atoms with E-state index in [4.69, 9.17) is 0 Å². The van der Waals surface area contributed by atoms with E-state index in [0.717, 1.165) is 4.90 Å². The van der Waals surface area contributed by atoms with Crippen molar-refractivity contribution in [3.63, 3.8) is 0 Å². The summed E-state index contributed by atoms with van der Waals surface area (Å²) in [4.78, 5) is 35.4. The van der Waals surface area contributed by atoms with Gasteiger partial charge in [-0.15, -0.1) is 0 Å². The number of allylic oxidation sites excluding steroid dienone is 1. The molecule has 1 rings (SSSR count). The number of esters is 2. The number of nitrogens with zero attached hydrogens (tertiary/aromatic N) is 1. The summed E-state index contributed by atoms with van der Waals surface area (Å²) in [6, 6.07) is -1.04. The van der Waals surface area contributed by atoms with E-state index in [2.05, 4.69) is 16.1 Å². The van der Waals surface area contributed by atoms with Gasteiger partial charge in [-0.25, -0.2) is 4.79 Å². The number of methoxy groups -OCH3 is 2. The highest BCUT2D eigenvalue weighted by Crippen LogP contribution is 2.20. The molecule has 17 heavy (non-hydrogen) atoms. The molecular weight excluding hydrogens is 226 g/mol. The Morgan fingerprint density at radius 1 is 1.35 bits per heavy atom. The number of hydrogen-bond donors (Lipinski definition) is 0. The van der Waals surface area contributed by atoms with Gasteiger partial charge in [-0.2, -0.15) is 0 Å². The fourth-order valence-electron chi connectivity index (χ4n) is 1.48. The van der Waals surface area contributed by atoms with Crippen LogP contribution in [0.4, 0.5) is 0 Å². The SMILES string of the molecule is C=C1C=CC(=O)N1[C@@H](CC(=O)OC)C(=O)OC. The van der Waals surface area contributed by atoms with E-state index in [1.807, 2.05) is 0 Å². The predicted molar refractivity (Wildman–Crippen MR) is 57.6 cm³/mol. The molecule has 0 aromatic heterocycles. The molecule has 6 heteroatoms. The van der Waals surface area contributed by atoms with Crippen molar-refractivity contribution < 1.29 is 23.9 Å². The van der Waals surface area contributed by atoms with Gasteiger partial charge in [0.1, 0.15) is 6.04 Å². The summed E-state index contributed by atoms with van der Waals surface area (Å²) in [5.41, 5.74) is 0.342. The topological polar surface area (TPSA) is 72.9 Å². The van der Waals surface area contributed by atoms with E-state index in [1.54, 1.807) is 0 Å². The molecule has 0 aromatic carbocycles. The molecule has 0 N–H and O–H groups in total. The van der Waals surface area contributed by atoms with E-state index < -0.39 is 23.9 Å². The number of carbonyl (C=O) groups is 3. The minimum absolute atomic E-state index is 0.268. The Morgan fingerprint density at radius 2 is 2.00 bits per heavy atom. The first-order valence-corrected chi connectivity index (χ1v) is 4.86. The first-order valence-electron chi connectivity index (χ1n) is 4.86. The lowest BCUT2D eigenvalue weighted by Gasteiger charge is -2.25. The van der Waals surface area contributed by atoms with Gasteiger partial charge in [0.2, 0.25) is 0 Å². The van der Waals surface area contributed by atoms with Gasteiger partial charge < -0.3 is 9.47 Å². The van der Waals surface area contributed by atoms with Crippen LogP contribution in [-0.2, 0) is 23.9 Å². The van der Waals surface area contributed by atoms with Crippen molar-refractivity contribution in [3.8, 4) is 0 Å². The molecule has 92 valence electrons. The number of hydrogen-bond acceptors (Lipinski definition) is 5. The number of carbonyl (C=O) groups excluding carboxylic acids is 3. The van der Waals surface area contributed by atoms with Gasteiger partial charge in [-0.3, -0.25) is 14.5 Å². The van der Waals surface area contributed by atoms with Gasteiger partial charge in [0.25, 0.3) is 5.91 Å². The maximum Gasteiger partial charge on any atom is 0.329 e. The summed E-state index contributed by atoms with van der Waals surface area (Å²) in [7, 11) is 2.39. The minimum atomic E-state index is -1.04. The van der Waals surface area contributed by atoms with Gasteiger partial charge in [-0.1, -0.05) is 6.58 Å². The zero-order chi connectivity index (χ0) is 13.0. The highest BCUT2D eigenvalue weighted by Gasteiger charge is 2.35. The molecule has 1 aliphatic rings. The van der Waals surface area contributed by atoms with Crippen LogP contribution in [0, 0.1) is 0 Å². The van der Waals surface area contributed by atoms with Crippen LogP contribution in [0.15, 0.2) is 24.4 Å². The van der Waals surface area contributed by atoms with Gasteiger partial charge in [0, 0.05) is 11.8 Å². The van der Waals surface area contributed by atoms with Crippen LogP contribution < -0.4 is 0 Å². The van der Waals surface area contributed by atoms with Gasteiger partial charge >= 0.3 is 11.9 Å². The Labute approximate surface area is 98.5 Å². The molecule has 0 bridgehead atoms. The summed E-state index contributed by atoms with van der Waals surface area (Å²) >= 11 is 0. The van der Waals surface area contributed by atoms with E-state index in [1.165, 1.54) is 26.4 Å². The average molecular weight is 239 g/mol. The molecule has 0 aliphatic carbocycles. The quantitative estimate of drug-likeness (QED) is 0.646. The van der Waals surface area contributed by atoms with E-state index in [0.29, 0.717) is 5.70 Å². The molecule has 0 saturated heterocycles. The average Bonchev–Trinajstić information content (AvgIpc) is 2.65. The van der Waals surface area contributed by atoms with Gasteiger partial charge in [0.05, 0.1) is 20.6 Å². The van der Waals surface area contributed by atoms with Crippen LogP contribution in [0.1, 0.15) is 6.42 Å². The first kappa shape index (κ1) is 13.0. The van der Waals surface area contributed by atoms with Crippen molar-refractivity contribution in [2.45, 2.75) is 12.5 Å². The first-order chi connectivity index (χ1) is 8.01. The van der Waals surface area contributed by atoms with Crippen LogP contribution in [0.25, 0.3) is 0 Å². The molecule has 1 aliphatic heterocycles. The summed E-state index contributed by atoms with van der Waals surface area (Å²) < 4.78 is 9.03. The summed E-state index contributed by atoms with van der Waals surface area (Å²) in [6.07, 6.45) is 2.47. The molecule has 0 spiro atoms. The van der Waals surface area contributed by atoms with Crippen LogP contribution in [0.3, 0.4) is 0 Å². The minimum Gasteiger partial charge on any atom is -0.469 e. The largest absolute Gasteiger partial charge is 0.469 e. The number of amides is 1. The van der Waals surface area contributed by atoms with Crippen LogP contribution >= 0.6 is 0 Å². The fraction of sp³-hybridized carbons (Fsp3) is 0.364. The zero-order valence-corrected chi connectivity index (χ0v) is 9.63. The van der Waals surface area contributed by atoms with Crippen molar-refractivity contribution >= 4 is 17.8 Å². The molecular formula is C11H13NO5. The summed E-state index contributed by atoms with van der Waals surface area (Å²) in [5.74, 6) is -1.70. The monoisotopic (exact) mass is 239 g/mol. The summed E-state index contributed by atoms with van der Waals surface area (Å²) in [6.45, 7) is 3.62. The van der Waals surface area contributed by atoms with Crippen LogP contribution in [-0.4, -0.2) is 43.0 Å². The normalized spacial score (nSPS) is 16.0. The highest BCUT2D eigenvalue weighted by atomic mass is 16.5. The maximum atomic E-state index is 11.5. The Hall–Kier alpha value is -2.11. The second-order valence-electron chi connectivity index (χ2n) is 3.35. The Bertz CT molecular complexity index is 381. The molecule has 0 radical (unpaired) electrons. The highest BCUT2D eigenvalue weighted by molar-refractivity contribution is 5.97. The lowest BCUT2D eigenvalue weighted by atomic mass is 10.1. The standard InChI is InChI=1S/C11H13NO5/c1-7-4-5-9(13)12(7)8(11(15)17-3)6-10(14)16-2/h4-5,8H,1,6H2,2-3H3/t8-/m0/s1. The van der Waals surface area contributed by atoms with E-state index >= 15 is 0 Å². The van der Waals surface area contributed by atoms with Crippen molar-refractivity contribution in [2.75, 3.05) is 14.2 Å². The Balaban J connectivity index is 2.90. The van der Waals surface area contributed by atoms with Crippen LogP contribution in [0.5, 0.6) is 0 Å². The van der Waals surface area contributed by atoms with Crippen molar-refractivity contribution in [2.24, 2.45) is 0 Å².